The van der Waals surface area contributed by atoms with Crippen LogP contribution in [0.4, 0.5) is 0 Å². The zero-order valence-electron chi connectivity index (χ0n) is 12.2. The lowest BCUT2D eigenvalue weighted by Gasteiger charge is -2.02. The minimum absolute atomic E-state index is 0.381. The van der Waals surface area contributed by atoms with Crippen LogP contribution in [0.5, 0.6) is 0 Å². The fourth-order valence-electron chi connectivity index (χ4n) is 2.36. The molecule has 0 spiro atoms. The van der Waals surface area contributed by atoms with E-state index >= 15 is 0 Å². The number of imidazole rings is 1. The van der Waals surface area contributed by atoms with Crippen LogP contribution in [0.3, 0.4) is 0 Å². The van der Waals surface area contributed by atoms with Gasteiger partial charge in [0, 0.05) is 13.0 Å². The molecule has 20 heavy (non-hydrogen) atoms. The first kappa shape index (κ1) is 14.6. The molecule has 6 nitrogen and oxygen atoms in total. The molecular formula is C14H22N4O2. The Kier molecular flexibility index (Phi) is 4.76. The van der Waals surface area contributed by atoms with E-state index in [1.807, 2.05) is 6.92 Å². The minimum atomic E-state index is -0.385. The summed E-state index contributed by atoms with van der Waals surface area (Å²) in [6.07, 6.45) is 6.24. The summed E-state index contributed by atoms with van der Waals surface area (Å²) in [6, 6.07) is 0. The van der Waals surface area contributed by atoms with Crippen molar-refractivity contribution in [2.24, 2.45) is 0 Å². The molecule has 0 fully saturated rings. The van der Waals surface area contributed by atoms with Gasteiger partial charge in [0.1, 0.15) is 11.3 Å². The Balaban J connectivity index is 2.32. The molecule has 0 atom stereocenters. The van der Waals surface area contributed by atoms with Gasteiger partial charge in [-0.3, -0.25) is 14.3 Å². The number of hydrogen-bond acceptors (Lipinski definition) is 3. The molecule has 0 amide bonds. The largest absolute Gasteiger partial charge is 0.336 e. The Morgan fingerprint density at radius 3 is 2.55 bits per heavy atom. The number of H-pyrrole nitrogens is 2. The summed E-state index contributed by atoms with van der Waals surface area (Å²) in [5, 5.41) is 0. The molecule has 2 rings (SSSR count). The van der Waals surface area contributed by atoms with Crippen LogP contribution in [-0.2, 0) is 13.0 Å². The number of nitrogens with zero attached hydrogens (tertiary/aromatic N) is 2. The predicted molar refractivity (Wildman–Crippen MR) is 79.1 cm³/mol. The van der Waals surface area contributed by atoms with Crippen LogP contribution in [0.2, 0.25) is 0 Å². The molecule has 0 aliphatic rings. The van der Waals surface area contributed by atoms with Gasteiger partial charge in [0.2, 0.25) is 0 Å². The van der Waals surface area contributed by atoms with Gasteiger partial charge < -0.3 is 4.98 Å². The Labute approximate surface area is 117 Å². The highest BCUT2D eigenvalue weighted by Gasteiger charge is 2.12. The zero-order chi connectivity index (χ0) is 14.5. The maximum atomic E-state index is 11.8. The first-order chi connectivity index (χ1) is 9.67. The number of aromatic nitrogens is 4. The monoisotopic (exact) mass is 278 g/mol. The Morgan fingerprint density at radius 1 is 1.05 bits per heavy atom. The number of unbranched alkanes of at least 4 members (excludes halogenated alkanes) is 3. The van der Waals surface area contributed by atoms with Gasteiger partial charge in [-0.25, -0.2) is 9.78 Å². The first-order valence-corrected chi connectivity index (χ1v) is 7.39. The van der Waals surface area contributed by atoms with E-state index in [1.165, 1.54) is 17.4 Å². The van der Waals surface area contributed by atoms with Gasteiger partial charge in [-0.15, -0.1) is 0 Å². The normalized spacial score (nSPS) is 11.3. The number of hydrogen-bond donors (Lipinski definition) is 2. The van der Waals surface area contributed by atoms with Crippen molar-refractivity contribution >= 4 is 11.2 Å². The molecule has 0 aliphatic heterocycles. The number of aryl methyl sites for hydroxylation is 2. The van der Waals surface area contributed by atoms with Crippen molar-refractivity contribution in [2.75, 3.05) is 0 Å². The van der Waals surface area contributed by atoms with E-state index in [2.05, 4.69) is 21.9 Å². The van der Waals surface area contributed by atoms with Crippen LogP contribution in [-0.4, -0.2) is 19.5 Å². The summed E-state index contributed by atoms with van der Waals surface area (Å²) in [5.41, 5.74) is 0.118. The molecule has 2 heterocycles. The van der Waals surface area contributed by atoms with Crippen LogP contribution in [0.1, 0.15) is 51.8 Å². The van der Waals surface area contributed by atoms with Crippen LogP contribution in [0.25, 0.3) is 11.2 Å². The smallest absolute Gasteiger partial charge is 0.330 e. The molecule has 0 saturated heterocycles. The molecular weight excluding hydrogens is 256 g/mol. The fraction of sp³-hybridized carbons (Fsp3) is 0.643. The van der Waals surface area contributed by atoms with Crippen molar-refractivity contribution in [1.29, 1.82) is 0 Å². The van der Waals surface area contributed by atoms with Crippen molar-refractivity contribution in [3.8, 4) is 0 Å². The second-order valence-electron chi connectivity index (χ2n) is 5.10. The summed E-state index contributed by atoms with van der Waals surface area (Å²) in [6.45, 7) is 4.72. The molecule has 110 valence electrons. The van der Waals surface area contributed by atoms with E-state index in [9.17, 15) is 9.59 Å². The van der Waals surface area contributed by atoms with E-state index in [0.717, 1.165) is 31.5 Å². The van der Waals surface area contributed by atoms with E-state index in [1.54, 1.807) is 0 Å². The Hall–Kier alpha value is -1.85. The lowest BCUT2D eigenvalue weighted by atomic mass is 10.1. The van der Waals surface area contributed by atoms with Crippen molar-refractivity contribution in [3.05, 3.63) is 26.7 Å². The maximum Gasteiger partial charge on any atom is 0.330 e. The topological polar surface area (TPSA) is 83.5 Å². The van der Waals surface area contributed by atoms with Crippen molar-refractivity contribution in [3.63, 3.8) is 0 Å². The SMILES string of the molecule is CCCCCCc1nc2c([nH]1)c(=O)[nH]c(=O)n2CCC. The molecule has 0 aliphatic carbocycles. The van der Waals surface area contributed by atoms with Gasteiger partial charge in [-0.05, 0) is 12.8 Å². The third-order valence-electron chi connectivity index (χ3n) is 3.40. The van der Waals surface area contributed by atoms with E-state index in [4.69, 9.17) is 0 Å². The van der Waals surface area contributed by atoms with Gasteiger partial charge in [-0.2, -0.15) is 0 Å². The molecule has 0 saturated carbocycles. The zero-order valence-corrected chi connectivity index (χ0v) is 12.2. The number of aromatic amines is 2. The quantitative estimate of drug-likeness (QED) is 0.759. The summed E-state index contributed by atoms with van der Waals surface area (Å²) in [7, 11) is 0. The predicted octanol–water partition coefficient (Wildman–Crippen LogP) is 1.95. The van der Waals surface area contributed by atoms with Crippen LogP contribution >= 0.6 is 0 Å². The van der Waals surface area contributed by atoms with Gasteiger partial charge in [-0.1, -0.05) is 33.1 Å². The van der Waals surface area contributed by atoms with Gasteiger partial charge >= 0.3 is 5.69 Å². The minimum Gasteiger partial charge on any atom is -0.336 e. The third-order valence-corrected chi connectivity index (χ3v) is 3.40. The molecule has 2 N–H and O–H groups in total. The molecule has 2 aromatic rings. The fourth-order valence-corrected chi connectivity index (χ4v) is 2.36. The molecule has 0 aromatic carbocycles. The number of rotatable bonds is 7. The summed E-state index contributed by atoms with van der Waals surface area (Å²) < 4.78 is 1.53. The molecule has 0 bridgehead atoms. The van der Waals surface area contributed by atoms with Gasteiger partial charge in [0.05, 0.1) is 0 Å². The van der Waals surface area contributed by atoms with Crippen molar-refractivity contribution < 1.29 is 0 Å². The summed E-state index contributed by atoms with van der Waals surface area (Å²) in [4.78, 5) is 33.4. The van der Waals surface area contributed by atoms with Gasteiger partial charge in [0.15, 0.2) is 5.65 Å². The summed E-state index contributed by atoms with van der Waals surface area (Å²) in [5.74, 6) is 0.789. The summed E-state index contributed by atoms with van der Waals surface area (Å²) >= 11 is 0. The van der Waals surface area contributed by atoms with E-state index in [-0.39, 0.29) is 11.2 Å². The van der Waals surface area contributed by atoms with Crippen molar-refractivity contribution in [1.82, 2.24) is 19.5 Å². The lowest BCUT2D eigenvalue weighted by molar-refractivity contribution is 0.646. The second kappa shape index (κ2) is 6.54. The van der Waals surface area contributed by atoms with Crippen LogP contribution in [0, 0.1) is 0 Å². The van der Waals surface area contributed by atoms with E-state index in [0.29, 0.717) is 17.7 Å². The maximum absolute atomic E-state index is 11.8. The lowest BCUT2D eigenvalue weighted by Crippen LogP contribution is -2.30. The van der Waals surface area contributed by atoms with Crippen LogP contribution in [0.15, 0.2) is 9.59 Å². The first-order valence-electron chi connectivity index (χ1n) is 7.39. The molecule has 2 aromatic heterocycles. The highest BCUT2D eigenvalue weighted by atomic mass is 16.2. The van der Waals surface area contributed by atoms with Gasteiger partial charge in [0.25, 0.3) is 5.56 Å². The average Bonchev–Trinajstić information content (AvgIpc) is 2.84. The number of nitrogens with one attached hydrogen (secondary N) is 2. The second-order valence-corrected chi connectivity index (χ2v) is 5.10. The highest BCUT2D eigenvalue weighted by molar-refractivity contribution is 5.69. The number of fused-ring (bicyclic) bond motifs is 1. The van der Waals surface area contributed by atoms with Crippen molar-refractivity contribution in [2.45, 2.75) is 58.9 Å². The molecule has 0 unspecified atom stereocenters. The Morgan fingerprint density at radius 2 is 1.85 bits per heavy atom. The molecule has 6 heteroatoms. The van der Waals surface area contributed by atoms with Crippen LogP contribution < -0.4 is 11.2 Å². The average molecular weight is 278 g/mol. The highest BCUT2D eigenvalue weighted by Crippen LogP contribution is 2.09. The molecule has 0 radical (unpaired) electrons. The third kappa shape index (κ3) is 3.00. The van der Waals surface area contributed by atoms with E-state index < -0.39 is 0 Å². The standard InChI is InChI=1S/C14H22N4O2/c1-3-5-6-7-8-10-15-11-12(16-10)18(9-4-2)14(20)17-13(11)19/h3-9H2,1-2H3,(H,15,16)(H,17,19,20). The Bertz CT molecular complexity index is 681.